The molecule has 0 saturated carbocycles. The highest BCUT2D eigenvalue weighted by atomic mass is 32.2. The Labute approximate surface area is 211 Å². The molecule has 0 unspecified atom stereocenters. The average Bonchev–Trinajstić information content (AvgIpc) is 2.81. The number of nitriles is 1. The number of hydrogen-bond acceptors (Lipinski definition) is 6. The summed E-state index contributed by atoms with van der Waals surface area (Å²) < 4.78 is 24.1. The van der Waals surface area contributed by atoms with Crippen LogP contribution in [-0.4, -0.2) is 24.6 Å². The maximum Gasteiger partial charge on any atom is 0.156 e. The van der Waals surface area contributed by atoms with Gasteiger partial charge >= 0.3 is 0 Å². The Bertz CT molecular complexity index is 1590. The summed E-state index contributed by atoms with van der Waals surface area (Å²) in [6.45, 7) is 7.34. The van der Waals surface area contributed by atoms with E-state index in [0.29, 0.717) is 11.3 Å². The standard InChI is InChI=1S/C28H27N3O2S2/c1-18-12-19(2)31-27(25(18)16-29)34-17-20-8-6-9-21(13-20)24-15-23(28(3,4)35(5,32)33)14-22-10-7-11-30-26(22)24/h6-15H,17H2,1-5H3. The topological polar surface area (TPSA) is 83.7 Å². The molecule has 0 amide bonds. The van der Waals surface area contributed by atoms with Gasteiger partial charge in [-0.25, -0.2) is 13.4 Å². The second-order valence-electron chi connectivity index (χ2n) is 9.24. The Morgan fingerprint density at radius 1 is 1.06 bits per heavy atom. The normalized spacial score (nSPS) is 12.0. The van der Waals surface area contributed by atoms with E-state index in [0.717, 1.165) is 49.4 Å². The lowest BCUT2D eigenvalue weighted by Crippen LogP contribution is -2.28. The van der Waals surface area contributed by atoms with Gasteiger partial charge in [-0.2, -0.15) is 5.26 Å². The largest absolute Gasteiger partial charge is 0.256 e. The van der Waals surface area contributed by atoms with E-state index in [1.54, 1.807) is 31.8 Å². The highest BCUT2D eigenvalue weighted by molar-refractivity contribution is 7.98. The van der Waals surface area contributed by atoms with Crippen molar-refractivity contribution in [3.05, 3.63) is 88.7 Å². The van der Waals surface area contributed by atoms with Crippen molar-refractivity contribution in [1.29, 1.82) is 5.26 Å². The summed E-state index contributed by atoms with van der Waals surface area (Å²) in [5.41, 5.74) is 6.92. The van der Waals surface area contributed by atoms with Gasteiger partial charge in [-0.1, -0.05) is 30.3 Å². The van der Waals surface area contributed by atoms with E-state index >= 15 is 0 Å². The zero-order valence-corrected chi connectivity index (χ0v) is 22.1. The molecule has 2 heterocycles. The van der Waals surface area contributed by atoms with Crippen LogP contribution in [0, 0.1) is 25.2 Å². The summed E-state index contributed by atoms with van der Waals surface area (Å²) in [6.07, 6.45) is 3.02. The molecule has 0 radical (unpaired) electrons. The van der Waals surface area contributed by atoms with Crippen LogP contribution in [0.3, 0.4) is 0 Å². The molecule has 0 saturated heterocycles. The SMILES string of the molecule is Cc1cc(C)c(C#N)c(SCc2cccc(-c3cc(C(C)(C)S(C)(=O)=O)cc4cccnc34)c2)n1. The maximum absolute atomic E-state index is 12.6. The number of nitrogens with zero attached hydrogens (tertiary/aromatic N) is 3. The number of aromatic nitrogens is 2. The maximum atomic E-state index is 12.6. The molecule has 0 spiro atoms. The molecule has 4 aromatic rings. The van der Waals surface area contributed by atoms with Gasteiger partial charge in [-0.05, 0) is 74.2 Å². The lowest BCUT2D eigenvalue weighted by Gasteiger charge is -2.24. The Hall–Kier alpha value is -3.21. The van der Waals surface area contributed by atoms with Gasteiger partial charge in [0, 0.05) is 34.8 Å². The predicted molar refractivity (Wildman–Crippen MR) is 143 cm³/mol. The first-order valence-corrected chi connectivity index (χ1v) is 14.1. The van der Waals surface area contributed by atoms with E-state index < -0.39 is 14.6 Å². The molecule has 0 aliphatic rings. The number of thioether (sulfide) groups is 1. The molecule has 0 aliphatic heterocycles. The molecule has 0 bridgehead atoms. The van der Waals surface area contributed by atoms with Gasteiger partial charge in [-0.15, -0.1) is 11.8 Å². The highest BCUT2D eigenvalue weighted by Gasteiger charge is 2.33. The monoisotopic (exact) mass is 501 g/mol. The lowest BCUT2D eigenvalue weighted by molar-refractivity contribution is 0.561. The molecule has 178 valence electrons. The third-order valence-corrected chi connectivity index (χ3v) is 9.50. The number of pyridine rings is 2. The van der Waals surface area contributed by atoms with Gasteiger partial charge in [0.2, 0.25) is 0 Å². The molecule has 0 fully saturated rings. The van der Waals surface area contributed by atoms with Crippen LogP contribution >= 0.6 is 11.8 Å². The Morgan fingerprint density at radius 3 is 2.54 bits per heavy atom. The first kappa shape index (κ1) is 24.9. The molecule has 7 heteroatoms. The molecule has 5 nitrogen and oxygen atoms in total. The summed E-state index contributed by atoms with van der Waals surface area (Å²) >= 11 is 1.54. The van der Waals surface area contributed by atoms with Crippen molar-refractivity contribution in [1.82, 2.24) is 9.97 Å². The van der Waals surface area contributed by atoms with E-state index in [9.17, 15) is 13.7 Å². The number of sulfone groups is 1. The van der Waals surface area contributed by atoms with Crippen LogP contribution in [0.25, 0.3) is 22.0 Å². The van der Waals surface area contributed by atoms with Gasteiger partial charge < -0.3 is 0 Å². The van der Waals surface area contributed by atoms with Crippen molar-refractivity contribution >= 4 is 32.5 Å². The van der Waals surface area contributed by atoms with Crippen molar-refractivity contribution in [2.45, 2.75) is 43.2 Å². The fourth-order valence-electron chi connectivity index (χ4n) is 4.00. The summed E-state index contributed by atoms with van der Waals surface area (Å²) in [5, 5.41) is 11.2. The van der Waals surface area contributed by atoms with Gasteiger partial charge in [0.25, 0.3) is 0 Å². The van der Waals surface area contributed by atoms with Crippen LogP contribution in [-0.2, 0) is 20.3 Å². The molecule has 0 atom stereocenters. The summed E-state index contributed by atoms with van der Waals surface area (Å²) in [5.74, 6) is 0.651. The zero-order valence-electron chi connectivity index (χ0n) is 20.5. The van der Waals surface area contributed by atoms with Crippen LogP contribution in [0.4, 0.5) is 0 Å². The van der Waals surface area contributed by atoms with E-state index in [4.69, 9.17) is 0 Å². The number of benzene rings is 2. The molecule has 4 rings (SSSR count). The van der Waals surface area contributed by atoms with Crippen molar-refractivity contribution in [2.75, 3.05) is 6.26 Å². The highest BCUT2D eigenvalue weighted by Crippen LogP contribution is 2.37. The summed E-state index contributed by atoms with van der Waals surface area (Å²) in [6, 6.07) is 20.0. The zero-order chi connectivity index (χ0) is 25.4. The molecule has 35 heavy (non-hydrogen) atoms. The third-order valence-electron chi connectivity index (χ3n) is 6.36. The van der Waals surface area contributed by atoms with Gasteiger partial charge in [0.15, 0.2) is 9.84 Å². The van der Waals surface area contributed by atoms with E-state index in [-0.39, 0.29) is 0 Å². The molecule has 0 aliphatic carbocycles. The Morgan fingerprint density at radius 2 is 1.83 bits per heavy atom. The predicted octanol–water partition coefficient (Wildman–Crippen LogP) is 6.36. The first-order valence-electron chi connectivity index (χ1n) is 11.2. The minimum absolute atomic E-state index is 0.614. The van der Waals surface area contributed by atoms with Gasteiger partial charge in [-0.3, -0.25) is 4.98 Å². The molecule has 2 aromatic carbocycles. The van der Waals surface area contributed by atoms with Gasteiger partial charge in [0.1, 0.15) is 11.1 Å². The summed E-state index contributed by atoms with van der Waals surface area (Å²) in [7, 11) is -3.34. The first-order chi connectivity index (χ1) is 16.5. The average molecular weight is 502 g/mol. The van der Waals surface area contributed by atoms with Gasteiger partial charge in [0.05, 0.1) is 15.8 Å². The number of hydrogen-bond donors (Lipinski definition) is 0. The lowest BCUT2D eigenvalue weighted by atomic mass is 9.93. The molecule has 2 aromatic heterocycles. The Kier molecular flexibility index (Phi) is 6.72. The number of rotatable bonds is 6. The molecular formula is C28H27N3O2S2. The fourth-order valence-corrected chi connectivity index (χ4v) is 5.59. The quantitative estimate of drug-likeness (QED) is 0.286. The smallest absolute Gasteiger partial charge is 0.156 e. The minimum Gasteiger partial charge on any atom is -0.256 e. The van der Waals surface area contributed by atoms with Crippen molar-refractivity contribution in [3.63, 3.8) is 0 Å². The van der Waals surface area contributed by atoms with E-state index in [1.165, 1.54) is 6.26 Å². The van der Waals surface area contributed by atoms with E-state index in [1.807, 2.05) is 62.4 Å². The third kappa shape index (κ3) is 4.95. The fraction of sp³-hybridized carbons (Fsp3) is 0.250. The van der Waals surface area contributed by atoms with Crippen molar-refractivity contribution in [2.24, 2.45) is 0 Å². The second-order valence-corrected chi connectivity index (χ2v) is 12.8. The number of fused-ring (bicyclic) bond motifs is 1. The Balaban J connectivity index is 1.77. The van der Waals surface area contributed by atoms with Crippen LogP contribution in [0.2, 0.25) is 0 Å². The van der Waals surface area contributed by atoms with Crippen LogP contribution < -0.4 is 0 Å². The minimum atomic E-state index is -3.34. The van der Waals surface area contributed by atoms with Crippen LogP contribution in [0.15, 0.2) is 65.8 Å². The second kappa shape index (κ2) is 9.44. The van der Waals surface area contributed by atoms with E-state index in [2.05, 4.69) is 22.1 Å². The summed E-state index contributed by atoms with van der Waals surface area (Å²) in [4.78, 5) is 9.18. The number of aryl methyl sites for hydroxylation is 2. The van der Waals surface area contributed by atoms with Crippen LogP contribution in [0.1, 0.15) is 41.8 Å². The van der Waals surface area contributed by atoms with Crippen molar-refractivity contribution < 1.29 is 8.42 Å². The van der Waals surface area contributed by atoms with Crippen molar-refractivity contribution in [3.8, 4) is 17.2 Å². The molecular weight excluding hydrogens is 474 g/mol. The van der Waals surface area contributed by atoms with Crippen LogP contribution in [0.5, 0.6) is 0 Å². The molecule has 0 N–H and O–H groups in total.